The number of carbonyl (C=O) groups is 1. The van der Waals surface area contributed by atoms with Crippen LogP contribution >= 0.6 is 11.6 Å². The number of nitrogens with one attached hydrogen (secondary N) is 1. The number of halogens is 1. The molecule has 1 aromatic carbocycles. The molecular formula is C18H18ClN3O3S. The van der Waals surface area contributed by atoms with Gasteiger partial charge < -0.3 is 4.90 Å². The molecule has 1 amide bonds. The average molecular weight is 392 g/mol. The van der Waals surface area contributed by atoms with Gasteiger partial charge in [0.2, 0.25) is 10.0 Å². The zero-order valence-corrected chi connectivity index (χ0v) is 15.8. The van der Waals surface area contributed by atoms with Gasteiger partial charge in [-0.3, -0.25) is 9.78 Å². The number of amides is 1. The van der Waals surface area contributed by atoms with Gasteiger partial charge in [0.15, 0.2) is 0 Å². The molecule has 6 nitrogen and oxygen atoms in total. The van der Waals surface area contributed by atoms with Crippen LogP contribution in [0.5, 0.6) is 0 Å². The number of aromatic nitrogens is 1. The lowest BCUT2D eigenvalue weighted by molar-refractivity contribution is 0.0996. The van der Waals surface area contributed by atoms with Gasteiger partial charge in [0, 0.05) is 22.8 Å². The number of hydrogen-bond acceptors (Lipinski definition) is 4. The maximum Gasteiger partial charge on any atom is 0.258 e. The highest BCUT2D eigenvalue weighted by Crippen LogP contribution is 2.38. The lowest BCUT2D eigenvalue weighted by Crippen LogP contribution is -2.32. The summed E-state index contributed by atoms with van der Waals surface area (Å²) >= 11 is 6.05. The third-order valence-electron chi connectivity index (χ3n) is 4.88. The Morgan fingerprint density at radius 3 is 2.88 bits per heavy atom. The van der Waals surface area contributed by atoms with E-state index in [1.165, 1.54) is 0 Å². The lowest BCUT2D eigenvalue weighted by Gasteiger charge is -2.29. The third-order valence-corrected chi connectivity index (χ3v) is 5.83. The van der Waals surface area contributed by atoms with Crippen molar-refractivity contribution in [3.05, 3.63) is 57.9 Å². The average Bonchev–Trinajstić information content (AvgIpc) is 2.89. The molecule has 1 unspecified atom stereocenters. The highest BCUT2D eigenvalue weighted by Gasteiger charge is 2.33. The van der Waals surface area contributed by atoms with Crippen molar-refractivity contribution in [1.29, 1.82) is 0 Å². The fraction of sp³-hybridized carbons (Fsp3) is 0.333. The standard InChI is InChI=1S/C18H18ClN3O3S/c1-26(24,25)21-16-4-2-3-14-15(16)8-20-9-17(14)22-10-11-7-12(19)5-6-13(11)18(22)23/h5-9,16,21H,2-4,10H2,1H3. The number of pyridine rings is 1. The molecule has 2 aliphatic rings. The Bertz CT molecular complexity index is 1010. The van der Waals surface area contributed by atoms with E-state index in [9.17, 15) is 13.2 Å². The summed E-state index contributed by atoms with van der Waals surface area (Å²) in [5, 5.41) is 0.601. The van der Waals surface area contributed by atoms with E-state index >= 15 is 0 Å². The SMILES string of the molecule is CS(=O)(=O)NC1CCCc2c1cncc2N1Cc2cc(Cl)ccc2C1=O. The Balaban J connectivity index is 1.74. The van der Waals surface area contributed by atoms with Gasteiger partial charge >= 0.3 is 0 Å². The molecule has 1 atom stereocenters. The molecule has 2 aromatic rings. The first-order valence-electron chi connectivity index (χ1n) is 8.38. The molecule has 0 saturated heterocycles. The van der Waals surface area contributed by atoms with E-state index in [-0.39, 0.29) is 11.9 Å². The van der Waals surface area contributed by atoms with Crippen LogP contribution in [0.25, 0.3) is 0 Å². The first kappa shape index (κ1) is 17.5. The molecule has 1 aliphatic heterocycles. The summed E-state index contributed by atoms with van der Waals surface area (Å²) in [6.07, 6.45) is 6.89. The summed E-state index contributed by atoms with van der Waals surface area (Å²) in [6.45, 7) is 0.441. The Hall–Kier alpha value is -1.96. The van der Waals surface area contributed by atoms with E-state index < -0.39 is 10.0 Å². The van der Waals surface area contributed by atoms with Crippen LogP contribution in [-0.4, -0.2) is 25.6 Å². The van der Waals surface area contributed by atoms with Crippen LogP contribution in [0.2, 0.25) is 5.02 Å². The topological polar surface area (TPSA) is 79.4 Å². The number of hydrogen-bond donors (Lipinski definition) is 1. The fourth-order valence-electron chi connectivity index (χ4n) is 3.80. The summed E-state index contributed by atoms with van der Waals surface area (Å²) in [4.78, 5) is 18.8. The van der Waals surface area contributed by atoms with Crippen LogP contribution in [-0.2, 0) is 23.0 Å². The molecule has 8 heteroatoms. The third kappa shape index (κ3) is 3.11. The molecular weight excluding hydrogens is 374 g/mol. The van der Waals surface area contributed by atoms with E-state index in [0.717, 1.165) is 47.9 Å². The van der Waals surface area contributed by atoms with Gasteiger partial charge in [-0.15, -0.1) is 0 Å². The Morgan fingerprint density at radius 2 is 2.12 bits per heavy atom. The fourth-order valence-corrected chi connectivity index (χ4v) is 4.76. The van der Waals surface area contributed by atoms with Crippen molar-refractivity contribution < 1.29 is 13.2 Å². The van der Waals surface area contributed by atoms with Crippen molar-refractivity contribution in [2.24, 2.45) is 0 Å². The zero-order valence-electron chi connectivity index (χ0n) is 14.2. The van der Waals surface area contributed by atoms with E-state index in [1.54, 1.807) is 29.4 Å². The first-order valence-corrected chi connectivity index (χ1v) is 10.6. The van der Waals surface area contributed by atoms with Gasteiger partial charge in [-0.2, -0.15) is 0 Å². The molecule has 0 saturated carbocycles. The second kappa shape index (κ2) is 6.33. The maximum absolute atomic E-state index is 12.8. The first-order chi connectivity index (χ1) is 12.3. The normalized spacial score (nSPS) is 19.4. The van der Waals surface area contributed by atoms with E-state index in [2.05, 4.69) is 9.71 Å². The molecule has 1 aromatic heterocycles. The lowest BCUT2D eigenvalue weighted by atomic mass is 9.88. The van der Waals surface area contributed by atoms with Gasteiger partial charge in [-0.25, -0.2) is 13.1 Å². The van der Waals surface area contributed by atoms with Crippen molar-refractivity contribution in [2.45, 2.75) is 31.8 Å². The van der Waals surface area contributed by atoms with E-state index in [4.69, 9.17) is 11.6 Å². The molecule has 4 rings (SSSR count). The largest absolute Gasteiger partial charge is 0.302 e. The second-order valence-corrected chi connectivity index (χ2v) is 8.97. The number of sulfonamides is 1. The summed E-state index contributed by atoms with van der Waals surface area (Å²) in [5.74, 6) is -0.0786. The van der Waals surface area contributed by atoms with E-state index in [1.807, 2.05) is 6.07 Å². The molecule has 0 spiro atoms. The maximum atomic E-state index is 12.8. The summed E-state index contributed by atoms with van der Waals surface area (Å²) < 4.78 is 26.0. The summed E-state index contributed by atoms with van der Waals surface area (Å²) in [6, 6.07) is 4.96. The number of nitrogens with zero attached hydrogens (tertiary/aromatic N) is 2. The van der Waals surface area contributed by atoms with Crippen molar-refractivity contribution in [3.63, 3.8) is 0 Å². The number of rotatable bonds is 3. The van der Waals surface area contributed by atoms with Crippen molar-refractivity contribution in [2.75, 3.05) is 11.2 Å². The van der Waals surface area contributed by atoms with Crippen molar-refractivity contribution >= 4 is 33.2 Å². The van der Waals surface area contributed by atoms with Crippen molar-refractivity contribution in [1.82, 2.24) is 9.71 Å². The zero-order chi connectivity index (χ0) is 18.5. The van der Waals surface area contributed by atoms with Crippen LogP contribution in [0.4, 0.5) is 5.69 Å². The van der Waals surface area contributed by atoms with Gasteiger partial charge in [0.05, 0.1) is 24.7 Å². The molecule has 1 aliphatic carbocycles. The van der Waals surface area contributed by atoms with Crippen molar-refractivity contribution in [3.8, 4) is 0 Å². The number of benzene rings is 1. The summed E-state index contributed by atoms with van der Waals surface area (Å²) in [5.41, 5.74) is 4.12. The second-order valence-electron chi connectivity index (χ2n) is 6.75. The predicted molar refractivity (Wildman–Crippen MR) is 99.9 cm³/mol. The number of anilines is 1. The predicted octanol–water partition coefficient (Wildman–Crippen LogP) is 2.82. The molecule has 136 valence electrons. The van der Waals surface area contributed by atoms with Crippen LogP contribution < -0.4 is 9.62 Å². The minimum absolute atomic E-state index is 0.0786. The smallest absolute Gasteiger partial charge is 0.258 e. The quantitative estimate of drug-likeness (QED) is 0.872. The Kier molecular flexibility index (Phi) is 4.25. The minimum atomic E-state index is -3.33. The van der Waals surface area contributed by atoms with Crippen LogP contribution in [0.15, 0.2) is 30.6 Å². The van der Waals surface area contributed by atoms with E-state index in [0.29, 0.717) is 17.1 Å². The molecule has 1 N–H and O–H groups in total. The number of carbonyl (C=O) groups excluding carboxylic acids is 1. The van der Waals surface area contributed by atoms with Gasteiger partial charge in [-0.05, 0) is 54.2 Å². The van der Waals surface area contributed by atoms with Gasteiger partial charge in [0.25, 0.3) is 5.91 Å². The van der Waals surface area contributed by atoms with Gasteiger partial charge in [-0.1, -0.05) is 11.6 Å². The molecule has 0 bridgehead atoms. The Labute approximate surface area is 157 Å². The Morgan fingerprint density at radius 1 is 1.31 bits per heavy atom. The molecule has 2 heterocycles. The highest BCUT2D eigenvalue weighted by atomic mass is 35.5. The highest BCUT2D eigenvalue weighted by molar-refractivity contribution is 7.88. The van der Waals surface area contributed by atoms with Crippen LogP contribution in [0, 0.1) is 0 Å². The van der Waals surface area contributed by atoms with Crippen LogP contribution in [0.3, 0.4) is 0 Å². The molecule has 0 fully saturated rings. The molecule has 26 heavy (non-hydrogen) atoms. The monoisotopic (exact) mass is 391 g/mol. The molecule has 0 radical (unpaired) electrons. The minimum Gasteiger partial charge on any atom is -0.302 e. The number of fused-ring (bicyclic) bond motifs is 2. The van der Waals surface area contributed by atoms with Crippen LogP contribution in [0.1, 0.15) is 45.9 Å². The van der Waals surface area contributed by atoms with Gasteiger partial charge in [0.1, 0.15) is 0 Å². The summed E-state index contributed by atoms with van der Waals surface area (Å²) in [7, 11) is -3.33.